The second-order valence-corrected chi connectivity index (χ2v) is 7.47. The van der Waals surface area contributed by atoms with Crippen molar-refractivity contribution in [3.8, 4) is 33.8 Å². The highest BCUT2D eigenvalue weighted by Crippen LogP contribution is 2.31. The number of carbonyl (C=O) groups is 2. The minimum atomic E-state index is -0.722. The Morgan fingerprint density at radius 2 is 1.38 bits per heavy atom. The van der Waals surface area contributed by atoms with E-state index < -0.39 is 23.6 Å². The quantitative estimate of drug-likeness (QED) is 0.171. The molecule has 3 aromatic carbocycles. The van der Waals surface area contributed by atoms with E-state index in [1.165, 1.54) is 31.4 Å². The Bertz CT molecular complexity index is 1370. The third-order valence-electron chi connectivity index (χ3n) is 4.78. The van der Waals surface area contributed by atoms with Gasteiger partial charge in [0.15, 0.2) is 11.6 Å². The summed E-state index contributed by atoms with van der Waals surface area (Å²) in [6, 6.07) is 15.4. The monoisotopic (exact) mass is 504 g/mol. The van der Waals surface area contributed by atoms with Crippen molar-refractivity contribution in [2.24, 2.45) is 0 Å². The zero-order valence-electron chi connectivity index (χ0n) is 19.8. The number of ether oxygens (including phenoxy) is 4. The Morgan fingerprint density at radius 3 is 2.03 bits per heavy atom. The third-order valence-corrected chi connectivity index (χ3v) is 4.78. The maximum atomic E-state index is 14.9. The molecule has 0 aliphatic rings. The van der Waals surface area contributed by atoms with Gasteiger partial charge in [0.1, 0.15) is 36.6 Å². The van der Waals surface area contributed by atoms with E-state index in [0.717, 1.165) is 36.5 Å². The maximum Gasteiger partial charge on any atom is 0.338 e. The molecule has 0 atom stereocenters. The van der Waals surface area contributed by atoms with Crippen LogP contribution in [0.3, 0.4) is 0 Å². The molecule has 0 radical (unpaired) electrons. The summed E-state index contributed by atoms with van der Waals surface area (Å²) in [5.74, 6) is -2.15. The molecular weight excluding hydrogens is 482 g/mol. The molecule has 0 saturated heterocycles. The molecule has 0 aliphatic carbocycles. The van der Waals surface area contributed by atoms with Crippen LogP contribution < -0.4 is 9.47 Å². The number of hydrogen-bond donors (Lipinski definition) is 0. The van der Waals surface area contributed by atoms with Gasteiger partial charge in [-0.2, -0.15) is 0 Å². The molecular formula is C29H22F2O6. The molecule has 3 aromatic rings. The summed E-state index contributed by atoms with van der Waals surface area (Å²) < 4.78 is 49.2. The number of carbonyl (C=O) groups excluding carboxylic acids is 2. The molecule has 0 aromatic heterocycles. The molecule has 0 amide bonds. The Morgan fingerprint density at radius 1 is 0.757 bits per heavy atom. The highest BCUT2D eigenvalue weighted by molar-refractivity contribution is 5.87. The molecule has 0 N–H and O–H groups in total. The Hall–Kier alpha value is -4.98. The van der Waals surface area contributed by atoms with E-state index in [0.29, 0.717) is 16.9 Å². The molecule has 188 valence electrons. The molecule has 0 unspecified atom stereocenters. The van der Waals surface area contributed by atoms with Crippen LogP contribution in [0.4, 0.5) is 8.78 Å². The third kappa shape index (κ3) is 7.50. The first-order valence-electron chi connectivity index (χ1n) is 10.8. The predicted octanol–water partition coefficient (Wildman–Crippen LogP) is 6.85. The zero-order valence-corrected chi connectivity index (χ0v) is 19.8. The molecule has 0 bridgehead atoms. The largest absolute Gasteiger partial charge is 0.462 e. The van der Waals surface area contributed by atoms with Gasteiger partial charge in [0.05, 0.1) is 0 Å². The van der Waals surface area contributed by atoms with Crippen molar-refractivity contribution >= 4 is 11.9 Å². The molecule has 6 nitrogen and oxygen atoms in total. The molecule has 0 heterocycles. The fourth-order valence-corrected chi connectivity index (χ4v) is 2.96. The molecule has 0 spiro atoms. The zero-order chi connectivity index (χ0) is 26.8. The van der Waals surface area contributed by atoms with Crippen LogP contribution in [-0.4, -0.2) is 11.9 Å². The molecule has 37 heavy (non-hydrogen) atoms. The topological polar surface area (TPSA) is 71.1 Å². The lowest BCUT2D eigenvalue weighted by Gasteiger charge is -2.09. The van der Waals surface area contributed by atoms with E-state index in [9.17, 15) is 18.4 Å². The number of hydrogen-bond acceptors (Lipinski definition) is 6. The van der Waals surface area contributed by atoms with Crippen LogP contribution in [0.1, 0.15) is 6.92 Å². The fraction of sp³-hybridized carbons (Fsp3) is 0.0345. The van der Waals surface area contributed by atoms with Gasteiger partial charge >= 0.3 is 11.9 Å². The number of halogens is 2. The summed E-state index contributed by atoms with van der Waals surface area (Å²) in [5, 5.41) is 0. The summed E-state index contributed by atoms with van der Waals surface area (Å²) in [5.41, 5.74) is 2.07. The fourth-order valence-electron chi connectivity index (χ4n) is 2.96. The van der Waals surface area contributed by atoms with Crippen LogP contribution in [-0.2, 0) is 19.1 Å². The Kier molecular flexibility index (Phi) is 9.10. The van der Waals surface area contributed by atoms with Gasteiger partial charge in [-0.25, -0.2) is 18.4 Å². The molecule has 3 rings (SSSR count). The Labute approximate surface area is 212 Å². The lowest BCUT2D eigenvalue weighted by Crippen LogP contribution is -1.99. The lowest BCUT2D eigenvalue weighted by atomic mass is 9.99. The summed E-state index contributed by atoms with van der Waals surface area (Å²) in [7, 11) is 0. The van der Waals surface area contributed by atoms with E-state index in [2.05, 4.69) is 17.9 Å². The van der Waals surface area contributed by atoms with Gasteiger partial charge in [0.2, 0.25) is 0 Å². The first-order chi connectivity index (χ1) is 17.8. The molecule has 8 heteroatoms. The highest BCUT2D eigenvalue weighted by Gasteiger charge is 2.11. The Balaban J connectivity index is 1.66. The summed E-state index contributed by atoms with van der Waals surface area (Å²) in [6.45, 7) is 8.20. The van der Waals surface area contributed by atoms with Crippen molar-refractivity contribution in [1.29, 1.82) is 0 Å². The van der Waals surface area contributed by atoms with Gasteiger partial charge in [-0.05, 0) is 53.9 Å². The minimum Gasteiger partial charge on any atom is -0.462 e. The standard InChI is InChI=1S/C29H22F2O6/c1-4-28(32)36-15-13-34-23-9-5-20(6-10-23)21-7-11-24(25(30)17-21)22-8-12-27(26(31)18-22)35-14-16-37-29(33)19(2)3/h4-18H,1-2H2,3H3/b15-13-,16-14-. The van der Waals surface area contributed by atoms with Gasteiger partial charge in [-0.1, -0.05) is 43.5 Å². The number of esters is 2. The second kappa shape index (κ2) is 12.6. The normalized spacial score (nSPS) is 10.8. The van der Waals surface area contributed by atoms with Gasteiger partial charge in [0, 0.05) is 17.2 Å². The van der Waals surface area contributed by atoms with Gasteiger partial charge in [-0.3, -0.25) is 0 Å². The van der Waals surface area contributed by atoms with Gasteiger partial charge in [-0.15, -0.1) is 0 Å². The van der Waals surface area contributed by atoms with Crippen LogP contribution in [0.15, 0.2) is 111 Å². The SMILES string of the molecule is C=CC(=O)O/C=C\Oc1ccc(-c2ccc(-c3ccc(O/C=C\OC(=O)C(=C)C)c(F)c3)c(F)c2)cc1. The van der Waals surface area contributed by atoms with Crippen LogP contribution in [0.2, 0.25) is 0 Å². The summed E-state index contributed by atoms with van der Waals surface area (Å²) >= 11 is 0. The average molecular weight is 504 g/mol. The van der Waals surface area contributed by atoms with Crippen molar-refractivity contribution in [2.45, 2.75) is 6.92 Å². The minimum absolute atomic E-state index is 0.126. The van der Waals surface area contributed by atoms with E-state index >= 15 is 0 Å². The maximum absolute atomic E-state index is 14.9. The predicted molar refractivity (Wildman–Crippen MR) is 134 cm³/mol. The van der Waals surface area contributed by atoms with Crippen molar-refractivity contribution in [3.63, 3.8) is 0 Å². The van der Waals surface area contributed by atoms with Crippen molar-refractivity contribution < 1.29 is 37.3 Å². The van der Waals surface area contributed by atoms with E-state index in [1.807, 2.05) is 0 Å². The van der Waals surface area contributed by atoms with E-state index in [-0.39, 0.29) is 16.9 Å². The van der Waals surface area contributed by atoms with Crippen LogP contribution in [0, 0.1) is 11.6 Å². The van der Waals surface area contributed by atoms with Crippen LogP contribution in [0.25, 0.3) is 22.3 Å². The van der Waals surface area contributed by atoms with Gasteiger partial charge < -0.3 is 18.9 Å². The van der Waals surface area contributed by atoms with E-state index in [4.69, 9.17) is 14.2 Å². The first-order valence-corrected chi connectivity index (χ1v) is 10.8. The number of rotatable bonds is 10. The van der Waals surface area contributed by atoms with Crippen molar-refractivity contribution in [1.82, 2.24) is 0 Å². The second-order valence-electron chi connectivity index (χ2n) is 7.47. The average Bonchev–Trinajstić information content (AvgIpc) is 2.89. The number of benzene rings is 3. The molecule has 0 saturated carbocycles. The summed E-state index contributed by atoms with van der Waals surface area (Å²) in [6.07, 6.45) is 5.30. The lowest BCUT2D eigenvalue weighted by molar-refractivity contribution is -0.134. The summed E-state index contributed by atoms with van der Waals surface area (Å²) in [4.78, 5) is 22.3. The first kappa shape index (κ1) is 26.6. The van der Waals surface area contributed by atoms with Crippen LogP contribution >= 0.6 is 0 Å². The van der Waals surface area contributed by atoms with Crippen molar-refractivity contribution in [3.05, 3.63) is 122 Å². The highest BCUT2D eigenvalue weighted by atomic mass is 19.1. The molecule has 0 aliphatic heterocycles. The van der Waals surface area contributed by atoms with Crippen LogP contribution in [0.5, 0.6) is 11.5 Å². The smallest absolute Gasteiger partial charge is 0.338 e. The molecule has 0 fully saturated rings. The van der Waals surface area contributed by atoms with Crippen molar-refractivity contribution in [2.75, 3.05) is 0 Å². The van der Waals surface area contributed by atoms with Gasteiger partial charge in [0.25, 0.3) is 0 Å². The van der Waals surface area contributed by atoms with E-state index in [1.54, 1.807) is 36.4 Å².